The quantitative estimate of drug-likeness (QED) is 0.374. The van der Waals surface area contributed by atoms with Gasteiger partial charge in [-0.15, -0.1) is 0 Å². The average molecular weight is 206 g/mol. The molecule has 0 bridgehead atoms. The van der Waals surface area contributed by atoms with Crippen molar-refractivity contribution in [3.63, 3.8) is 0 Å². The Bertz CT molecular complexity index is 221. The maximum absolute atomic E-state index is 9.22. The highest BCUT2D eigenvalue weighted by atomic mass is 14.9. The molecule has 84 valence electrons. The Morgan fingerprint density at radius 1 is 0.733 bits per heavy atom. The highest BCUT2D eigenvalue weighted by Crippen LogP contribution is 2.32. The second-order valence-corrected chi connectivity index (χ2v) is 5.19. The summed E-state index contributed by atoms with van der Waals surface area (Å²) in [5.74, 6) is 1.21. The summed E-state index contributed by atoms with van der Waals surface area (Å²) in [7, 11) is 0. The van der Waals surface area contributed by atoms with Gasteiger partial charge in [0.25, 0.3) is 5.71 Å². The summed E-state index contributed by atoms with van der Waals surface area (Å²) in [4.78, 5) is 3.65. The topological polar surface area (TPSA) is 36.4 Å². The number of nitrogens with zero attached hydrogens (tertiary/aromatic N) is 2. The maximum Gasteiger partial charge on any atom is 0.274 e. The van der Waals surface area contributed by atoms with Crippen LogP contribution in [0.2, 0.25) is 0 Å². The summed E-state index contributed by atoms with van der Waals surface area (Å²) >= 11 is 0. The van der Waals surface area contributed by atoms with Crippen LogP contribution in [0, 0.1) is 11.8 Å². The minimum Gasteiger partial charge on any atom is -0.362 e. The van der Waals surface area contributed by atoms with Gasteiger partial charge in [0.15, 0.2) is 0 Å². The van der Waals surface area contributed by atoms with Crippen LogP contribution >= 0.6 is 0 Å². The van der Waals surface area contributed by atoms with Crippen LogP contribution in [0.15, 0.2) is 0 Å². The SMILES string of the molecule is [N-]=[N+]=C(C1CCCCC1)C1CCCCC1. The van der Waals surface area contributed by atoms with Crippen molar-refractivity contribution in [3.05, 3.63) is 5.53 Å². The first-order valence-electron chi connectivity index (χ1n) is 6.63. The van der Waals surface area contributed by atoms with Gasteiger partial charge in [0.05, 0.1) is 11.8 Å². The van der Waals surface area contributed by atoms with Gasteiger partial charge in [0, 0.05) is 0 Å². The summed E-state index contributed by atoms with van der Waals surface area (Å²) in [6, 6.07) is 0. The molecule has 0 amide bonds. The van der Waals surface area contributed by atoms with E-state index in [2.05, 4.69) is 4.79 Å². The van der Waals surface area contributed by atoms with Gasteiger partial charge in [-0.3, -0.25) is 0 Å². The first-order valence-corrected chi connectivity index (χ1v) is 6.63. The van der Waals surface area contributed by atoms with Crippen LogP contribution < -0.4 is 0 Å². The Kier molecular flexibility index (Phi) is 3.96. The van der Waals surface area contributed by atoms with Gasteiger partial charge in [-0.25, -0.2) is 0 Å². The number of hydrogen-bond donors (Lipinski definition) is 0. The fourth-order valence-electron chi connectivity index (χ4n) is 3.29. The number of rotatable bonds is 2. The van der Waals surface area contributed by atoms with Gasteiger partial charge in [0.1, 0.15) is 0 Å². The minimum atomic E-state index is 0.604. The summed E-state index contributed by atoms with van der Waals surface area (Å²) < 4.78 is 0. The first kappa shape index (κ1) is 10.9. The third kappa shape index (κ3) is 2.69. The molecule has 0 aliphatic heterocycles. The van der Waals surface area contributed by atoms with E-state index in [1.54, 1.807) is 0 Å². The van der Waals surface area contributed by atoms with E-state index in [9.17, 15) is 5.53 Å². The molecule has 2 nitrogen and oxygen atoms in total. The van der Waals surface area contributed by atoms with Gasteiger partial charge < -0.3 is 5.53 Å². The Morgan fingerprint density at radius 2 is 1.13 bits per heavy atom. The van der Waals surface area contributed by atoms with E-state index in [0.717, 1.165) is 5.71 Å². The Labute approximate surface area is 92.7 Å². The zero-order chi connectivity index (χ0) is 10.5. The number of hydrogen-bond acceptors (Lipinski definition) is 0. The van der Waals surface area contributed by atoms with E-state index in [0.29, 0.717) is 11.8 Å². The lowest BCUT2D eigenvalue weighted by Crippen LogP contribution is -2.28. The average Bonchev–Trinajstić information content (AvgIpc) is 2.33. The molecule has 0 unspecified atom stereocenters. The van der Waals surface area contributed by atoms with Gasteiger partial charge in [-0.1, -0.05) is 38.5 Å². The molecule has 0 spiro atoms. The van der Waals surface area contributed by atoms with Crippen LogP contribution in [0.1, 0.15) is 64.2 Å². The normalized spacial score (nSPS) is 24.8. The van der Waals surface area contributed by atoms with Crippen molar-refractivity contribution in [1.29, 1.82) is 0 Å². The van der Waals surface area contributed by atoms with E-state index in [-0.39, 0.29) is 0 Å². The molecule has 0 N–H and O–H groups in total. The Balaban J connectivity index is 1.99. The monoisotopic (exact) mass is 206 g/mol. The lowest BCUT2D eigenvalue weighted by molar-refractivity contribution is -0.0246. The Morgan fingerprint density at radius 3 is 1.47 bits per heavy atom. The molecular weight excluding hydrogens is 184 g/mol. The fourth-order valence-corrected chi connectivity index (χ4v) is 3.29. The van der Waals surface area contributed by atoms with Crippen LogP contribution in [-0.4, -0.2) is 10.5 Å². The zero-order valence-corrected chi connectivity index (χ0v) is 9.62. The van der Waals surface area contributed by atoms with Gasteiger partial charge in [-0.2, -0.15) is 4.79 Å². The molecule has 2 aliphatic carbocycles. The first-order chi connectivity index (χ1) is 7.42. The molecule has 2 saturated carbocycles. The van der Waals surface area contributed by atoms with Crippen LogP contribution in [0.3, 0.4) is 0 Å². The molecule has 0 aromatic carbocycles. The Hall–Kier alpha value is -0.620. The van der Waals surface area contributed by atoms with E-state index >= 15 is 0 Å². The molecule has 15 heavy (non-hydrogen) atoms. The van der Waals surface area contributed by atoms with E-state index in [1.807, 2.05) is 0 Å². The second-order valence-electron chi connectivity index (χ2n) is 5.19. The van der Waals surface area contributed by atoms with Crippen molar-refractivity contribution in [1.82, 2.24) is 0 Å². The molecule has 2 rings (SSSR count). The van der Waals surface area contributed by atoms with Crippen molar-refractivity contribution >= 4 is 5.71 Å². The molecule has 0 radical (unpaired) electrons. The van der Waals surface area contributed by atoms with Crippen LogP contribution in [-0.2, 0) is 0 Å². The fraction of sp³-hybridized carbons (Fsp3) is 0.923. The highest BCUT2D eigenvalue weighted by Gasteiger charge is 2.33. The van der Waals surface area contributed by atoms with E-state index < -0.39 is 0 Å². The lowest BCUT2D eigenvalue weighted by Gasteiger charge is -2.24. The van der Waals surface area contributed by atoms with E-state index in [1.165, 1.54) is 64.2 Å². The summed E-state index contributed by atoms with van der Waals surface area (Å²) in [6.45, 7) is 0. The standard InChI is InChI=1S/C13H22N2/c14-15-13(11-7-3-1-4-8-11)12-9-5-2-6-10-12/h11-12H,1-10H2. The van der Waals surface area contributed by atoms with Crippen molar-refractivity contribution in [2.45, 2.75) is 64.2 Å². The smallest absolute Gasteiger partial charge is 0.274 e. The molecular formula is C13H22N2. The van der Waals surface area contributed by atoms with Gasteiger partial charge >= 0.3 is 0 Å². The summed E-state index contributed by atoms with van der Waals surface area (Å²) in [5, 5.41) is 0. The minimum absolute atomic E-state index is 0.604. The molecule has 2 aliphatic rings. The predicted molar refractivity (Wildman–Crippen MR) is 61.8 cm³/mol. The molecule has 0 saturated heterocycles. The zero-order valence-electron chi connectivity index (χ0n) is 9.62. The van der Waals surface area contributed by atoms with Gasteiger partial charge in [-0.05, 0) is 25.7 Å². The highest BCUT2D eigenvalue weighted by molar-refractivity contribution is 5.84. The molecule has 0 heterocycles. The van der Waals surface area contributed by atoms with Gasteiger partial charge in [0.2, 0.25) is 0 Å². The molecule has 2 heteroatoms. The largest absolute Gasteiger partial charge is 0.362 e. The van der Waals surface area contributed by atoms with Crippen LogP contribution in [0.4, 0.5) is 0 Å². The molecule has 2 fully saturated rings. The third-order valence-electron chi connectivity index (χ3n) is 4.16. The lowest BCUT2D eigenvalue weighted by atomic mass is 9.76. The van der Waals surface area contributed by atoms with E-state index in [4.69, 9.17) is 0 Å². The predicted octanol–water partition coefficient (Wildman–Crippen LogP) is 3.82. The van der Waals surface area contributed by atoms with Crippen molar-refractivity contribution in [2.75, 3.05) is 0 Å². The second kappa shape index (κ2) is 5.46. The molecule has 0 atom stereocenters. The van der Waals surface area contributed by atoms with Crippen LogP contribution in [0.5, 0.6) is 0 Å². The van der Waals surface area contributed by atoms with Crippen LogP contribution in [0.25, 0.3) is 5.53 Å². The van der Waals surface area contributed by atoms with Crippen molar-refractivity contribution in [3.8, 4) is 0 Å². The van der Waals surface area contributed by atoms with Crippen molar-refractivity contribution in [2.24, 2.45) is 11.8 Å². The molecule has 0 aromatic heterocycles. The third-order valence-corrected chi connectivity index (χ3v) is 4.16. The molecule has 0 aromatic rings. The summed E-state index contributed by atoms with van der Waals surface area (Å²) in [6.07, 6.45) is 13.1. The maximum atomic E-state index is 9.22. The van der Waals surface area contributed by atoms with Crippen molar-refractivity contribution < 1.29 is 4.79 Å². The summed E-state index contributed by atoms with van der Waals surface area (Å²) in [5.41, 5.74) is 10.4.